The summed E-state index contributed by atoms with van der Waals surface area (Å²) < 4.78 is 26.9. The van der Waals surface area contributed by atoms with Crippen LogP contribution in [-0.2, 0) is 6.42 Å². The van der Waals surface area contributed by atoms with Crippen LogP contribution < -0.4 is 5.32 Å². The van der Waals surface area contributed by atoms with Crippen LogP contribution in [0.15, 0.2) is 48.5 Å². The van der Waals surface area contributed by atoms with Gasteiger partial charge in [-0.05, 0) is 36.1 Å². The molecule has 2 aromatic rings. The molecule has 0 aliphatic heterocycles. The van der Waals surface area contributed by atoms with E-state index in [0.29, 0.717) is 12.0 Å². The summed E-state index contributed by atoms with van der Waals surface area (Å²) in [7, 11) is 0. The van der Waals surface area contributed by atoms with Gasteiger partial charge < -0.3 is 5.32 Å². The predicted octanol–water partition coefficient (Wildman–Crippen LogP) is 4.29. The van der Waals surface area contributed by atoms with Crippen molar-refractivity contribution in [2.45, 2.75) is 32.2 Å². The quantitative estimate of drug-likeness (QED) is 0.836. The van der Waals surface area contributed by atoms with Crippen LogP contribution >= 0.6 is 0 Å². The average molecular weight is 289 g/mol. The Balaban J connectivity index is 2.19. The summed E-state index contributed by atoms with van der Waals surface area (Å²) in [4.78, 5) is 0. The molecule has 0 bridgehead atoms. The number of rotatable bonds is 6. The molecule has 0 aliphatic rings. The first-order valence-corrected chi connectivity index (χ1v) is 7.34. The van der Waals surface area contributed by atoms with Crippen molar-refractivity contribution < 1.29 is 8.78 Å². The molecule has 0 amide bonds. The SMILES string of the molecule is CCNC(Cc1ccc(F)cc1F)C(C)c1ccccc1. The molecule has 0 radical (unpaired) electrons. The molecule has 2 unspecified atom stereocenters. The summed E-state index contributed by atoms with van der Waals surface area (Å²) >= 11 is 0. The Labute approximate surface area is 125 Å². The first-order valence-electron chi connectivity index (χ1n) is 7.34. The van der Waals surface area contributed by atoms with Gasteiger partial charge in [-0.2, -0.15) is 0 Å². The van der Waals surface area contributed by atoms with E-state index in [-0.39, 0.29) is 12.0 Å². The molecule has 0 spiro atoms. The van der Waals surface area contributed by atoms with Crippen molar-refractivity contribution >= 4 is 0 Å². The highest BCUT2D eigenvalue weighted by Crippen LogP contribution is 2.23. The lowest BCUT2D eigenvalue weighted by molar-refractivity contribution is 0.448. The van der Waals surface area contributed by atoms with Gasteiger partial charge in [0.05, 0.1) is 0 Å². The molecule has 0 aliphatic carbocycles. The maximum absolute atomic E-state index is 13.8. The molecule has 112 valence electrons. The number of halogens is 2. The molecule has 1 nitrogen and oxygen atoms in total. The Morgan fingerprint density at radius 1 is 1.05 bits per heavy atom. The highest BCUT2D eigenvalue weighted by molar-refractivity contribution is 5.24. The van der Waals surface area contributed by atoms with E-state index in [0.717, 1.165) is 12.6 Å². The molecular weight excluding hydrogens is 268 g/mol. The molecule has 21 heavy (non-hydrogen) atoms. The Kier molecular flexibility index (Phi) is 5.45. The first-order chi connectivity index (χ1) is 10.1. The van der Waals surface area contributed by atoms with Crippen LogP contribution in [0.4, 0.5) is 8.78 Å². The fraction of sp³-hybridized carbons (Fsp3) is 0.333. The maximum atomic E-state index is 13.8. The number of likely N-dealkylation sites (N-methyl/N-ethyl adjacent to an activating group) is 1. The molecule has 0 fully saturated rings. The van der Waals surface area contributed by atoms with Crippen LogP contribution in [0.1, 0.15) is 30.9 Å². The van der Waals surface area contributed by atoms with Crippen molar-refractivity contribution in [3.63, 3.8) is 0 Å². The van der Waals surface area contributed by atoms with Crippen LogP contribution in [0, 0.1) is 11.6 Å². The molecule has 0 saturated carbocycles. The maximum Gasteiger partial charge on any atom is 0.129 e. The van der Waals surface area contributed by atoms with E-state index >= 15 is 0 Å². The Hall–Kier alpha value is -1.74. The van der Waals surface area contributed by atoms with E-state index in [1.54, 1.807) is 0 Å². The van der Waals surface area contributed by atoms with E-state index in [1.807, 2.05) is 25.1 Å². The summed E-state index contributed by atoms with van der Waals surface area (Å²) in [6.45, 7) is 4.97. The minimum absolute atomic E-state index is 0.109. The number of hydrogen-bond donors (Lipinski definition) is 1. The second-order valence-corrected chi connectivity index (χ2v) is 5.30. The summed E-state index contributed by atoms with van der Waals surface area (Å²) in [5, 5.41) is 3.41. The lowest BCUT2D eigenvalue weighted by Gasteiger charge is -2.25. The smallest absolute Gasteiger partial charge is 0.129 e. The van der Waals surface area contributed by atoms with E-state index < -0.39 is 11.6 Å². The van der Waals surface area contributed by atoms with Crippen LogP contribution in [0.3, 0.4) is 0 Å². The summed E-state index contributed by atoms with van der Waals surface area (Å²) in [5.41, 5.74) is 1.76. The van der Waals surface area contributed by atoms with E-state index in [1.165, 1.54) is 17.7 Å². The van der Waals surface area contributed by atoms with Gasteiger partial charge in [0, 0.05) is 12.1 Å². The van der Waals surface area contributed by atoms with Gasteiger partial charge in [-0.3, -0.25) is 0 Å². The lowest BCUT2D eigenvalue weighted by atomic mass is 9.89. The third-order valence-corrected chi connectivity index (χ3v) is 3.85. The largest absolute Gasteiger partial charge is 0.313 e. The zero-order valence-corrected chi connectivity index (χ0v) is 12.4. The molecule has 0 saturated heterocycles. The number of nitrogens with one attached hydrogen (secondary N) is 1. The second-order valence-electron chi connectivity index (χ2n) is 5.30. The monoisotopic (exact) mass is 289 g/mol. The van der Waals surface area contributed by atoms with Crippen molar-refractivity contribution in [3.05, 3.63) is 71.3 Å². The Morgan fingerprint density at radius 3 is 2.38 bits per heavy atom. The summed E-state index contributed by atoms with van der Waals surface area (Å²) in [6.07, 6.45) is 0.538. The van der Waals surface area contributed by atoms with Crippen LogP contribution in [0.5, 0.6) is 0 Å². The third-order valence-electron chi connectivity index (χ3n) is 3.85. The van der Waals surface area contributed by atoms with Gasteiger partial charge >= 0.3 is 0 Å². The summed E-state index contributed by atoms with van der Waals surface area (Å²) in [6, 6.07) is 14.1. The van der Waals surface area contributed by atoms with Gasteiger partial charge in [0.1, 0.15) is 11.6 Å². The standard InChI is InChI=1S/C18H21F2N/c1-3-21-18(13(2)14-7-5-4-6-8-14)11-15-9-10-16(19)12-17(15)20/h4-10,12-13,18,21H,3,11H2,1-2H3. The fourth-order valence-electron chi connectivity index (χ4n) is 2.60. The van der Waals surface area contributed by atoms with Gasteiger partial charge in [-0.25, -0.2) is 8.78 Å². The minimum Gasteiger partial charge on any atom is -0.313 e. The lowest BCUT2D eigenvalue weighted by Crippen LogP contribution is -2.36. The normalized spacial score (nSPS) is 13.9. The highest BCUT2D eigenvalue weighted by Gasteiger charge is 2.20. The second kappa shape index (κ2) is 7.32. The number of hydrogen-bond acceptors (Lipinski definition) is 1. The van der Waals surface area contributed by atoms with E-state index in [2.05, 4.69) is 24.4 Å². The topological polar surface area (TPSA) is 12.0 Å². The molecular formula is C18H21F2N. The zero-order valence-electron chi connectivity index (χ0n) is 12.4. The van der Waals surface area contributed by atoms with Crippen molar-refractivity contribution in [1.82, 2.24) is 5.32 Å². The highest BCUT2D eigenvalue weighted by atomic mass is 19.1. The predicted molar refractivity (Wildman–Crippen MR) is 82.4 cm³/mol. The Bertz CT molecular complexity index is 569. The van der Waals surface area contributed by atoms with Crippen LogP contribution in [0.25, 0.3) is 0 Å². The van der Waals surface area contributed by atoms with Crippen molar-refractivity contribution in [3.8, 4) is 0 Å². The molecule has 0 aromatic heterocycles. The van der Waals surface area contributed by atoms with E-state index in [9.17, 15) is 8.78 Å². The van der Waals surface area contributed by atoms with Crippen molar-refractivity contribution in [2.75, 3.05) is 6.54 Å². The first kappa shape index (κ1) is 15.6. The molecule has 1 N–H and O–H groups in total. The molecule has 3 heteroatoms. The van der Waals surface area contributed by atoms with Crippen LogP contribution in [-0.4, -0.2) is 12.6 Å². The third kappa shape index (κ3) is 4.11. The summed E-state index contributed by atoms with van der Waals surface area (Å²) in [5.74, 6) is -0.763. The van der Waals surface area contributed by atoms with Gasteiger partial charge in [0.25, 0.3) is 0 Å². The van der Waals surface area contributed by atoms with Gasteiger partial charge in [-0.1, -0.05) is 50.2 Å². The fourth-order valence-corrected chi connectivity index (χ4v) is 2.60. The zero-order chi connectivity index (χ0) is 15.2. The average Bonchev–Trinajstić information content (AvgIpc) is 2.49. The Morgan fingerprint density at radius 2 is 1.76 bits per heavy atom. The van der Waals surface area contributed by atoms with Gasteiger partial charge in [0.2, 0.25) is 0 Å². The van der Waals surface area contributed by atoms with Crippen molar-refractivity contribution in [1.29, 1.82) is 0 Å². The van der Waals surface area contributed by atoms with Crippen molar-refractivity contribution in [2.24, 2.45) is 0 Å². The number of benzene rings is 2. The van der Waals surface area contributed by atoms with Gasteiger partial charge in [-0.15, -0.1) is 0 Å². The molecule has 2 atom stereocenters. The van der Waals surface area contributed by atoms with E-state index in [4.69, 9.17) is 0 Å². The van der Waals surface area contributed by atoms with Crippen LogP contribution in [0.2, 0.25) is 0 Å². The van der Waals surface area contributed by atoms with Gasteiger partial charge in [0.15, 0.2) is 0 Å². The minimum atomic E-state index is -0.535. The molecule has 2 aromatic carbocycles. The molecule has 2 rings (SSSR count). The molecule has 0 heterocycles.